The molecule has 0 saturated carbocycles. The molecule has 19 heavy (non-hydrogen) atoms. The van der Waals surface area contributed by atoms with E-state index in [1.807, 2.05) is 0 Å². The summed E-state index contributed by atoms with van der Waals surface area (Å²) in [6, 6.07) is 6.28. The van der Waals surface area contributed by atoms with Gasteiger partial charge in [0.25, 0.3) is 0 Å². The lowest BCUT2D eigenvalue weighted by molar-refractivity contribution is -0.137. The molecule has 0 spiro atoms. The van der Waals surface area contributed by atoms with Crippen molar-refractivity contribution in [2.24, 2.45) is 0 Å². The van der Waals surface area contributed by atoms with Crippen molar-refractivity contribution in [3.63, 3.8) is 0 Å². The van der Waals surface area contributed by atoms with Crippen LogP contribution in [-0.4, -0.2) is 30.1 Å². The Morgan fingerprint density at radius 2 is 2.00 bits per heavy atom. The molecule has 2 unspecified atom stereocenters. The number of anilines is 1. The van der Waals surface area contributed by atoms with Gasteiger partial charge in [-0.2, -0.15) is 13.2 Å². The Bertz CT molecular complexity index is 458. The molecule has 2 aliphatic heterocycles. The summed E-state index contributed by atoms with van der Waals surface area (Å²) in [7, 11) is 0. The van der Waals surface area contributed by atoms with Crippen LogP contribution in [0.4, 0.5) is 18.9 Å². The minimum Gasteiger partial charge on any atom is -0.381 e. The summed E-state index contributed by atoms with van der Waals surface area (Å²) < 4.78 is 38.0. The first kappa shape index (κ1) is 12.8. The summed E-state index contributed by atoms with van der Waals surface area (Å²) in [6.45, 7) is 2.19. The van der Waals surface area contributed by atoms with Crippen LogP contribution < -0.4 is 5.32 Å². The van der Waals surface area contributed by atoms with Gasteiger partial charge in [-0.25, -0.2) is 0 Å². The van der Waals surface area contributed by atoms with Crippen LogP contribution in [0.25, 0.3) is 0 Å². The van der Waals surface area contributed by atoms with Crippen molar-refractivity contribution < 1.29 is 13.2 Å². The van der Waals surface area contributed by atoms with Gasteiger partial charge in [-0.05, 0) is 44.0 Å². The van der Waals surface area contributed by atoms with E-state index < -0.39 is 11.7 Å². The first-order valence-electron chi connectivity index (χ1n) is 6.72. The fourth-order valence-electron chi connectivity index (χ4n) is 3.25. The van der Waals surface area contributed by atoms with Crippen LogP contribution >= 0.6 is 0 Å². The molecule has 3 rings (SSSR count). The molecule has 0 radical (unpaired) electrons. The van der Waals surface area contributed by atoms with E-state index in [0.29, 0.717) is 11.7 Å². The number of halogens is 3. The van der Waals surface area contributed by atoms with Crippen molar-refractivity contribution in [2.45, 2.75) is 37.5 Å². The Labute approximate surface area is 110 Å². The summed E-state index contributed by atoms with van der Waals surface area (Å²) in [4.78, 5) is 2.44. The maximum absolute atomic E-state index is 12.7. The smallest absolute Gasteiger partial charge is 0.381 e. The van der Waals surface area contributed by atoms with E-state index in [0.717, 1.165) is 32.0 Å². The predicted octanol–water partition coefficient (Wildman–Crippen LogP) is 3.35. The van der Waals surface area contributed by atoms with Gasteiger partial charge >= 0.3 is 6.18 Å². The average Bonchev–Trinajstić information content (AvgIpc) is 2.93. The van der Waals surface area contributed by atoms with Gasteiger partial charge in [-0.15, -0.1) is 0 Å². The minimum atomic E-state index is -4.27. The van der Waals surface area contributed by atoms with Gasteiger partial charge in [-0.1, -0.05) is 6.07 Å². The molecule has 0 bridgehead atoms. The van der Waals surface area contributed by atoms with Gasteiger partial charge in [0.05, 0.1) is 5.56 Å². The molecule has 0 amide bonds. The SMILES string of the molecule is FC(F)(F)c1cccc(NC2CCN3CCCC23)c1. The fraction of sp³-hybridized carbons (Fsp3) is 0.571. The maximum atomic E-state index is 12.7. The Morgan fingerprint density at radius 1 is 1.16 bits per heavy atom. The first-order valence-corrected chi connectivity index (χ1v) is 6.72. The van der Waals surface area contributed by atoms with E-state index in [1.165, 1.54) is 18.6 Å². The van der Waals surface area contributed by atoms with Gasteiger partial charge < -0.3 is 5.32 Å². The lowest BCUT2D eigenvalue weighted by Gasteiger charge is -2.22. The number of alkyl halides is 3. The molecule has 0 aromatic heterocycles. The number of benzene rings is 1. The van der Waals surface area contributed by atoms with Crippen molar-refractivity contribution in [1.82, 2.24) is 4.90 Å². The lowest BCUT2D eigenvalue weighted by Crippen LogP contribution is -2.33. The monoisotopic (exact) mass is 270 g/mol. The Kier molecular flexibility index (Phi) is 3.17. The van der Waals surface area contributed by atoms with Gasteiger partial charge in [0.15, 0.2) is 0 Å². The summed E-state index contributed by atoms with van der Waals surface area (Å²) >= 11 is 0. The highest BCUT2D eigenvalue weighted by molar-refractivity contribution is 5.47. The van der Waals surface area contributed by atoms with E-state index in [9.17, 15) is 13.2 Å². The molecule has 2 nitrogen and oxygen atoms in total. The zero-order valence-electron chi connectivity index (χ0n) is 10.6. The number of hydrogen-bond acceptors (Lipinski definition) is 2. The van der Waals surface area contributed by atoms with Gasteiger partial charge in [0.1, 0.15) is 0 Å². The molecule has 1 aromatic rings. The summed E-state index contributed by atoms with van der Waals surface area (Å²) in [5.74, 6) is 0. The third-order valence-electron chi connectivity index (χ3n) is 4.15. The molecule has 2 heterocycles. The van der Waals surface area contributed by atoms with E-state index in [4.69, 9.17) is 0 Å². The zero-order valence-corrected chi connectivity index (χ0v) is 10.6. The van der Waals surface area contributed by atoms with Crippen molar-refractivity contribution in [2.75, 3.05) is 18.4 Å². The third-order valence-corrected chi connectivity index (χ3v) is 4.15. The van der Waals surface area contributed by atoms with Crippen molar-refractivity contribution in [3.8, 4) is 0 Å². The van der Waals surface area contributed by atoms with Crippen LogP contribution in [0.15, 0.2) is 24.3 Å². The molecule has 1 N–H and O–H groups in total. The number of hydrogen-bond donors (Lipinski definition) is 1. The van der Waals surface area contributed by atoms with Crippen LogP contribution in [0.3, 0.4) is 0 Å². The van der Waals surface area contributed by atoms with E-state index in [1.54, 1.807) is 6.07 Å². The molecule has 0 aliphatic carbocycles. The number of rotatable bonds is 2. The predicted molar refractivity (Wildman–Crippen MR) is 68.1 cm³/mol. The first-order chi connectivity index (χ1) is 9.04. The summed E-state index contributed by atoms with van der Waals surface area (Å²) in [5, 5.41) is 3.28. The molecule has 5 heteroatoms. The highest BCUT2D eigenvalue weighted by atomic mass is 19.4. The summed E-state index contributed by atoms with van der Waals surface area (Å²) in [6.07, 6.45) is -0.907. The second-order valence-corrected chi connectivity index (χ2v) is 5.36. The van der Waals surface area contributed by atoms with E-state index in [2.05, 4.69) is 10.2 Å². The molecular formula is C14H17F3N2. The van der Waals surface area contributed by atoms with Gasteiger partial charge in [-0.3, -0.25) is 4.90 Å². The van der Waals surface area contributed by atoms with Crippen LogP contribution in [0, 0.1) is 0 Å². The Morgan fingerprint density at radius 3 is 2.79 bits per heavy atom. The van der Waals surface area contributed by atoms with Crippen LogP contribution in [0.5, 0.6) is 0 Å². The van der Waals surface area contributed by atoms with Crippen molar-refractivity contribution >= 4 is 5.69 Å². The molecule has 2 aliphatic rings. The molecule has 104 valence electrons. The fourth-order valence-corrected chi connectivity index (χ4v) is 3.25. The molecule has 1 aromatic carbocycles. The maximum Gasteiger partial charge on any atom is 0.416 e. The van der Waals surface area contributed by atoms with Gasteiger partial charge in [0.2, 0.25) is 0 Å². The van der Waals surface area contributed by atoms with Crippen molar-refractivity contribution in [1.29, 1.82) is 0 Å². The standard InChI is InChI=1S/C14H17F3N2/c15-14(16,17)10-3-1-4-11(9-10)18-12-6-8-19-7-2-5-13(12)19/h1,3-4,9,12-13,18H,2,5-8H2. The van der Waals surface area contributed by atoms with Crippen LogP contribution in [0.2, 0.25) is 0 Å². The summed E-state index contributed by atoms with van der Waals surface area (Å²) in [5.41, 5.74) is -0.00708. The number of nitrogens with zero attached hydrogens (tertiary/aromatic N) is 1. The quantitative estimate of drug-likeness (QED) is 0.886. The van der Waals surface area contributed by atoms with Crippen LogP contribution in [0.1, 0.15) is 24.8 Å². The normalized spacial score (nSPS) is 27.5. The second-order valence-electron chi connectivity index (χ2n) is 5.36. The Hall–Kier alpha value is -1.23. The average molecular weight is 270 g/mol. The largest absolute Gasteiger partial charge is 0.416 e. The molecule has 2 saturated heterocycles. The Balaban J connectivity index is 1.73. The third kappa shape index (κ3) is 2.56. The number of nitrogens with one attached hydrogen (secondary N) is 1. The molecule has 2 fully saturated rings. The van der Waals surface area contributed by atoms with Crippen molar-refractivity contribution in [3.05, 3.63) is 29.8 Å². The molecule has 2 atom stereocenters. The highest BCUT2D eigenvalue weighted by Gasteiger charge is 2.37. The van der Waals surface area contributed by atoms with E-state index >= 15 is 0 Å². The number of fused-ring (bicyclic) bond motifs is 1. The van der Waals surface area contributed by atoms with E-state index in [-0.39, 0.29) is 6.04 Å². The van der Waals surface area contributed by atoms with Crippen LogP contribution in [-0.2, 0) is 6.18 Å². The topological polar surface area (TPSA) is 15.3 Å². The molecular weight excluding hydrogens is 253 g/mol. The zero-order chi connectivity index (χ0) is 13.5. The minimum absolute atomic E-state index is 0.283. The lowest BCUT2D eigenvalue weighted by atomic mass is 10.1. The second kappa shape index (κ2) is 4.71. The van der Waals surface area contributed by atoms with Gasteiger partial charge in [0, 0.05) is 24.3 Å². The highest BCUT2D eigenvalue weighted by Crippen LogP contribution is 2.33.